The number of aromatic nitrogens is 3. The van der Waals surface area contributed by atoms with Gasteiger partial charge in [-0.2, -0.15) is 0 Å². The van der Waals surface area contributed by atoms with Gasteiger partial charge in [0, 0.05) is 24.5 Å². The maximum Gasteiger partial charge on any atom is 0.234 e. The van der Waals surface area contributed by atoms with Crippen LogP contribution < -0.4 is 4.74 Å². The monoisotopic (exact) mass is 564 g/mol. The van der Waals surface area contributed by atoms with Crippen molar-refractivity contribution in [2.24, 2.45) is 0 Å². The van der Waals surface area contributed by atoms with Crippen LogP contribution in [0.15, 0.2) is 39.5 Å². The van der Waals surface area contributed by atoms with Gasteiger partial charge in [-0.25, -0.2) is 9.97 Å². The summed E-state index contributed by atoms with van der Waals surface area (Å²) < 4.78 is 9.30. The lowest BCUT2D eigenvalue weighted by atomic mass is 10.0. The molecule has 1 aromatic carbocycles. The van der Waals surface area contributed by atoms with Crippen molar-refractivity contribution in [3.05, 3.63) is 56.5 Å². The third kappa shape index (κ3) is 5.77. The molecule has 0 unspecified atom stereocenters. The second-order valence-corrected chi connectivity index (χ2v) is 9.34. The molecule has 3 rings (SSSR count). The zero-order chi connectivity index (χ0) is 23.1. The number of aryl methyl sites for hydroxylation is 1. The van der Waals surface area contributed by atoms with Crippen molar-refractivity contribution >= 4 is 43.4 Å². The van der Waals surface area contributed by atoms with Crippen LogP contribution in [0.5, 0.6) is 5.75 Å². The highest BCUT2D eigenvalue weighted by atomic mass is 79.9. The summed E-state index contributed by atoms with van der Waals surface area (Å²) in [5.74, 6) is 1.19. The van der Waals surface area contributed by atoms with Crippen molar-refractivity contribution in [2.75, 3.05) is 26.2 Å². The van der Waals surface area contributed by atoms with E-state index in [1.165, 1.54) is 0 Å². The van der Waals surface area contributed by atoms with Crippen molar-refractivity contribution in [1.82, 2.24) is 19.3 Å². The number of carbonyl (C=O) groups excluding carboxylic acids is 1. The van der Waals surface area contributed by atoms with Crippen LogP contribution in [0.2, 0.25) is 0 Å². The molecule has 0 atom stereocenters. The number of halogens is 2. The number of benzene rings is 1. The maximum absolute atomic E-state index is 13.5. The first-order chi connectivity index (χ1) is 15.5. The van der Waals surface area contributed by atoms with Crippen molar-refractivity contribution in [1.29, 1.82) is 0 Å². The van der Waals surface area contributed by atoms with Gasteiger partial charge < -0.3 is 9.64 Å². The molecule has 2 aromatic heterocycles. The van der Waals surface area contributed by atoms with E-state index in [-0.39, 0.29) is 5.78 Å². The van der Waals surface area contributed by atoms with Gasteiger partial charge in [-0.15, -0.1) is 0 Å². The van der Waals surface area contributed by atoms with Crippen LogP contribution in [-0.2, 0) is 6.42 Å². The molecule has 32 heavy (non-hydrogen) atoms. The quantitative estimate of drug-likeness (QED) is 0.201. The molecule has 0 bridgehead atoms. The van der Waals surface area contributed by atoms with Gasteiger partial charge in [0.2, 0.25) is 11.6 Å². The SMILES string of the molecule is CCCCc1nc2ncccn2c1C(=O)c1cc(Br)c(OCCCN(CC)CC)c(Br)c1. The Hall–Kier alpha value is -1.77. The van der Waals surface area contributed by atoms with Gasteiger partial charge in [0.15, 0.2) is 0 Å². The molecule has 172 valence electrons. The fourth-order valence-electron chi connectivity index (χ4n) is 3.66. The molecule has 0 radical (unpaired) electrons. The van der Waals surface area contributed by atoms with Gasteiger partial charge in [-0.3, -0.25) is 9.20 Å². The van der Waals surface area contributed by atoms with Crippen LogP contribution in [0.3, 0.4) is 0 Å². The van der Waals surface area contributed by atoms with E-state index >= 15 is 0 Å². The molecular weight excluding hydrogens is 536 g/mol. The smallest absolute Gasteiger partial charge is 0.234 e. The number of hydrogen-bond acceptors (Lipinski definition) is 5. The Kier molecular flexibility index (Phi) is 9.25. The zero-order valence-corrected chi connectivity index (χ0v) is 22.1. The van der Waals surface area contributed by atoms with Crippen LogP contribution in [0.1, 0.15) is 61.8 Å². The van der Waals surface area contributed by atoms with E-state index in [0.717, 1.165) is 60.0 Å². The van der Waals surface area contributed by atoms with Crippen molar-refractivity contribution in [2.45, 2.75) is 46.5 Å². The molecule has 0 spiro atoms. The normalized spacial score (nSPS) is 11.4. The largest absolute Gasteiger partial charge is 0.491 e. The number of nitrogens with zero attached hydrogens (tertiary/aromatic N) is 4. The standard InChI is InChI=1S/C24H30Br2N4O2/c1-4-7-10-20-21(30-13-8-11-27-24(30)28-20)22(31)17-15-18(25)23(19(26)16-17)32-14-9-12-29(5-2)6-3/h8,11,13,15-16H,4-7,9-10,12,14H2,1-3H3. The molecule has 0 N–H and O–H groups in total. The highest BCUT2D eigenvalue weighted by Gasteiger charge is 2.23. The number of carbonyl (C=O) groups is 1. The summed E-state index contributed by atoms with van der Waals surface area (Å²) in [5, 5.41) is 0. The predicted octanol–water partition coefficient (Wildman–Crippen LogP) is 5.94. The van der Waals surface area contributed by atoms with Gasteiger partial charge in [0.25, 0.3) is 0 Å². The molecule has 0 fully saturated rings. The van der Waals surface area contributed by atoms with Crippen molar-refractivity contribution < 1.29 is 9.53 Å². The van der Waals surface area contributed by atoms with Crippen LogP contribution in [0, 0.1) is 0 Å². The molecular formula is C24H30Br2N4O2. The summed E-state index contributed by atoms with van der Waals surface area (Å²) >= 11 is 7.19. The van der Waals surface area contributed by atoms with E-state index in [1.54, 1.807) is 10.6 Å². The first-order valence-corrected chi connectivity index (χ1v) is 12.8. The van der Waals surface area contributed by atoms with E-state index in [0.29, 0.717) is 29.4 Å². The molecule has 0 saturated carbocycles. The lowest BCUT2D eigenvalue weighted by Gasteiger charge is -2.18. The van der Waals surface area contributed by atoms with Crippen LogP contribution in [-0.4, -0.2) is 51.3 Å². The molecule has 8 heteroatoms. The first-order valence-electron chi connectivity index (χ1n) is 11.2. The molecule has 0 aliphatic carbocycles. The number of imidazole rings is 1. The lowest BCUT2D eigenvalue weighted by Crippen LogP contribution is -2.25. The molecule has 0 saturated heterocycles. The number of unbranched alkanes of at least 4 members (excludes halogenated alkanes) is 1. The fourth-order valence-corrected chi connectivity index (χ4v) is 5.08. The number of ether oxygens (including phenoxy) is 1. The zero-order valence-electron chi connectivity index (χ0n) is 18.9. The minimum Gasteiger partial charge on any atom is -0.491 e. The Morgan fingerprint density at radius 3 is 2.50 bits per heavy atom. The molecule has 0 aliphatic heterocycles. The number of hydrogen-bond donors (Lipinski definition) is 0. The van der Waals surface area contributed by atoms with E-state index in [9.17, 15) is 4.79 Å². The number of ketones is 1. The third-order valence-electron chi connectivity index (χ3n) is 5.48. The summed E-state index contributed by atoms with van der Waals surface area (Å²) in [4.78, 5) is 24.9. The average Bonchev–Trinajstić information content (AvgIpc) is 3.16. The minimum atomic E-state index is -0.0777. The first kappa shape index (κ1) is 24.9. The van der Waals surface area contributed by atoms with E-state index in [1.807, 2.05) is 24.4 Å². The lowest BCUT2D eigenvalue weighted by molar-refractivity contribution is 0.103. The highest BCUT2D eigenvalue weighted by Crippen LogP contribution is 2.36. The Morgan fingerprint density at radius 1 is 1.12 bits per heavy atom. The Morgan fingerprint density at radius 2 is 1.84 bits per heavy atom. The Balaban J connectivity index is 1.82. The van der Waals surface area contributed by atoms with Gasteiger partial charge >= 0.3 is 0 Å². The van der Waals surface area contributed by atoms with Gasteiger partial charge in [-0.05, 0) is 82.4 Å². The maximum atomic E-state index is 13.5. The van der Waals surface area contributed by atoms with Crippen LogP contribution in [0.4, 0.5) is 0 Å². The highest BCUT2D eigenvalue weighted by molar-refractivity contribution is 9.11. The average molecular weight is 566 g/mol. The molecule has 2 heterocycles. The van der Waals surface area contributed by atoms with Gasteiger partial charge in [0.05, 0.1) is 21.2 Å². The summed E-state index contributed by atoms with van der Waals surface area (Å²) in [6, 6.07) is 5.47. The Labute approximate surface area is 206 Å². The summed E-state index contributed by atoms with van der Waals surface area (Å²) in [7, 11) is 0. The van der Waals surface area contributed by atoms with E-state index in [4.69, 9.17) is 4.74 Å². The van der Waals surface area contributed by atoms with Crippen molar-refractivity contribution in [3.8, 4) is 5.75 Å². The summed E-state index contributed by atoms with van der Waals surface area (Å²) in [6.07, 6.45) is 7.23. The molecule has 3 aromatic rings. The topological polar surface area (TPSA) is 59.7 Å². The van der Waals surface area contributed by atoms with Gasteiger partial charge in [0.1, 0.15) is 11.4 Å². The number of fused-ring (bicyclic) bond motifs is 1. The van der Waals surface area contributed by atoms with E-state index < -0.39 is 0 Å². The number of rotatable bonds is 12. The molecule has 0 aliphatic rings. The molecule has 6 nitrogen and oxygen atoms in total. The fraction of sp³-hybridized carbons (Fsp3) is 0.458. The molecule has 0 amide bonds. The Bertz CT molecular complexity index is 1040. The van der Waals surface area contributed by atoms with Gasteiger partial charge in [-0.1, -0.05) is 27.2 Å². The van der Waals surface area contributed by atoms with Crippen LogP contribution >= 0.6 is 31.9 Å². The van der Waals surface area contributed by atoms with Crippen LogP contribution in [0.25, 0.3) is 5.78 Å². The second kappa shape index (κ2) is 11.9. The summed E-state index contributed by atoms with van der Waals surface area (Å²) in [6.45, 7) is 10.2. The second-order valence-electron chi connectivity index (χ2n) is 7.63. The minimum absolute atomic E-state index is 0.0777. The predicted molar refractivity (Wildman–Crippen MR) is 135 cm³/mol. The third-order valence-corrected chi connectivity index (χ3v) is 6.66. The van der Waals surface area contributed by atoms with E-state index in [2.05, 4.69) is 67.5 Å². The van der Waals surface area contributed by atoms with Crippen molar-refractivity contribution in [3.63, 3.8) is 0 Å². The summed E-state index contributed by atoms with van der Waals surface area (Å²) in [5.41, 5.74) is 1.94.